The van der Waals surface area contributed by atoms with Crippen molar-refractivity contribution >= 4 is 5.97 Å². The first-order valence-corrected chi connectivity index (χ1v) is 7.64. The third-order valence-electron chi connectivity index (χ3n) is 3.63. The van der Waals surface area contributed by atoms with Gasteiger partial charge in [0.1, 0.15) is 17.3 Å². The minimum atomic E-state index is -5.03. The van der Waals surface area contributed by atoms with Gasteiger partial charge in [-0.25, -0.2) is 14.2 Å². The summed E-state index contributed by atoms with van der Waals surface area (Å²) in [6.07, 6.45) is -4.13. The van der Waals surface area contributed by atoms with Gasteiger partial charge in [0.05, 0.1) is 5.56 Å². The quantitative estimate of drug-likeness (QED) is 0.656. The number of H-pyrrole nitrogens is 1. The number of aromatic nitrogens is 2. The summed E-state index contributed by atoms with van der Waals surface area (Å²) in [5.74, 6) is -3.12. The molecule has 0 aliphatic rings. The fourth-order valence-corrected chi connectivity index (χ4v) is 2.53. The maximum Gasteiger partial charge on any atom is 0.573 e. The van der Waals surface area contributed by atoms with Crippen LogP contribution < -0.4 is 10.3 Å². The molecule has 0 amide bonds. The van der Waals surface area contributed by atoms with Crippen molar-refractivity contribution in [1.82, 2.24) is 9.97 Å². The number of carboxylic acid groups (broad SMARTS) is 1. The van der Waals surface area contributed by atoms with Gasteiger partial charge in [-0.05, 0) is 23.8 Å². The van der Waals surface area contributed by atoms with Crippen molar-refractivity contribution in [3.05, 3.63) is 70.5 Å². The molecular weight excluding hydrogens is 384 g/mol. The number of aromatic amines is 1. The lowest BCUT2D eigenvalue weighted by Crippen LogP contribution is -2.18. The third kappa shape index (κ3) is 4.00. The van der Waals surface area contributed by atoms with Crippen LogP contribution in [0.5, 0.6) is 5.75 Å². The predicted octanol–water partition coefficient (Wildman–Crippen LogP) is 3.84. The first kappa shape index (κ1) is 19.1. The smallest absolute Gasteiger partial charge is 0.476 e. The number of nitrogens with one attached hydrogen (secondary N) is 1. The van der Waals surface area contributed by atoms with Crippen molar-refractivity contribution in [1.29, 1.82) is 0 Å². The second kappa shape index (κ2) is 7.14. The highest BCUT2D eigenvalue weighted by Crippen LogP contribution is 2.36. The van der Waals surface area contributed by atoms with Crippen molar-refractivity contribution in [3.63, 3.8) is 0 Å². The lowest BCUT2D eigenvalue weighted by molar-refractivity contribution is -0.274. The van der Waals surface area contributed by atoms with Gasteiger partial charge in [0.25, 0.3) is 5.56 Å². The monoisotopic (exact) mass is 394 g/mol. The van der Waals surface area contributed by atoms with Crippen LogP contribution >= 0.6 is 0 Å². The zero-order chi connectivity index (χ0) is 20.5. The molecule has 3 aromatic rings. The van der Waals surface area contributed by atoms with Crippen molar-refractivity contribution < 1.29 is 32.2 Å². The molecule has 0 saturated carbocycles. The van der Waals surface area contributed by atoms with E-state index in [2.05, 4.69) is 14.7 Å². The van der Waals surface area contributed by atoms with Gasteiger partial charge in [0.2, 0.25) is 0 Å². The zero-order valence-corrected chi connectivity index (χ0v) is 13.7. The van der Waals surface area contributed by atoms with E-state index in [1.54, 1.807) is 0 Å². The Bertz CT molecular complexity index is 1110. The van der Waals surface area contributed by atoms with Crippen LogP contribution in [0.4, 0.5) is 17.6 Å². The number of hydrogen-bond acceptors (Lipinski definition) is 4. The lowest BCUT2D eigenvalue weighted by atomic mass is 10.0. The van der Waals surface area contributed by atoms with Gasteiger partial charge in [-0.15, -0.1) is 13.2 Å². The van der Waals surface area contributed by atoms with Crippen LogP contribution in [0.1, 0.15) is 10.5 Å². The number of hydrogen-bond donors (Lipinski definition) is 2. The van der Waals surface area contributed by atoms with Crippen LogP contribution in [0.3, 0.4) is 0 Å². The number of carbonyl (C=O) groups is 1. The number of benzene rings is 2. The van der Waals surface area contributed by atoms with E-state index in [1.165, 1.54) is 24.3 Å². The van der Waals surface area contributed by atoms with E-state index in [1.807, 2.05) is 0 Å². The van der Waals surface area contributed by atoms with Gasteiger partial charge in [0, 0.05) is 11.8 Å². The van der Waals surface area contributed by atoms with E-state index < -0.39 is 40.7 Å². The highest BCUT2D eigenvalue weighted by molar-refractivity contribution is 5.85. The Kier molecular flexibility index (Phi) is 4.87. The molecule has 144 valence electrons. The van der Waals surface area contributed by atoms with Crippen molar-refractivity contribution in [2.24, 2.45) is 0 Å². The summed E-state index contributed by atoms with van der Waals surface area (Å²) >= 11 is 0. The topological polar surface area (TPSA) is 92.3 Å². The largest absolute Gasteiger partial charge is 0.573 e. The Hall–Kier alpha value is -3.69. The molecule has 0 aliphatic carbocycles. The fourth-order valence-electron chi connectivity index (χ4n) is 2.53. The molecule has 1 aromatic heterocycles. The molecule has 0 bridgehead atoms. The van der Waals surface area contributed by atoms with Crippen LogP contribution in [-0.4, -0.2) is 27.4 Å². The number of ether oxygens (including phenoxy) is 1. The second-order valence-corrected chi connectivity index (χ2v) is 5.51. The van der Waals surface area contributed by atoms with E-state index >= 15 is 0 Å². The molecule has 0 fully saturated rings. The Balaban J connectivity index is 2.15. The standard InChI is InChI=1S/C18H10F4N2O4/c19-11-5-2-6-13(28-18(20,21)22)14(11)9-3-1-4-10(7-9)15-16(25)23-8-12(24-15)17(26)27/h1-8H,(H,23,25)(H,26,27). The molecule has 0 spiro atoms. The van der Waals surface area contributed by atoms with Crippen molar-refractivity contribution in [2.75, 3.05) is 0 Å². The Labute approximate surface area is 154 Å². The van der Waals surface area contributed by atoms with E-state index in [0.717, 1.165) is 24.4 Å². The second-order valence-electron chi connectivity index (χ2n) is 5.51. The summed E-state index contributed by atoms with van der Waals surface area (Å²) in [5, 5.41) is 9.00. The van der Waals surface area contributed by atoms with Crippen LogP contribution in [0.15, 0.2) is 53.5 Å². The first-order chi connectivity index (χ1) is 13.2. The normalized spacial score (nSPS) is 11.3. The Morgan fingerprint density at radius 2 is 1.79 bits per heavy atom. The minimum Gasteiger partial charge on any atom is -0.476 e. The first-order valence-electron chi connectivity index (χ1n) is 7.64. The maximum absolute atomic E-state index is 14.3. The van der Waals surface area contributed by atoms with Gasteiger partial charge in [-0.3, -0.25) is 4.79 Å². The Morgan fingerprint density at radius 1 is 1.11 bits per heavy atom. The summed E-state index contributed by atoms with van der Waals surface area (Å²) in [6.45, 7) is 0. The highest BCUT2D eigenvalue weighted by atomic mass is 19.4. The lowest BCUT2D eigenvalue weighted by Gasteiger charge is -2.14. The van der Waals surface area contributed by atoms with Gasteiger partial charge < -0.3 is 14.8 Å². The van der Waals surface area contributed by atoms with Crippen LogP contribution in [0.25, 0.3) is 22.4 Å². The molecule has 0 unspecified atom stereocenters. The average molecular weight is 394 g/mol. The molecule has 2 N–H and O–H groups in total. The SMILES string of the molecule is O=C(O)c1c[nH]c(=O)c(-c2cccc(-c3c(F)cccc3OC(F)(F)F)c2)n1. The number of carboxylic acids is 1. The molecule has 10 heteroatoms. The van der Waals surface area contributed by atoms with Gasteiger partial charge in [0.15, 0.2) is 5.69 Å². The van der Waals surface area contributed by atoms with E-state index in [9.17, 15) is 27.2 Å². The maximum atomic E-state index is 14.3. The summed E-state index contributed by atoms with van der Waals surface area (Å²) in [4.78, 5) is 29.0. The number of nitrogens with zero attached hydrogens (tertiary/aromatic N) is 1. The van der Waals surface area contributed by atoms with Crippen LogP contribution in [-0.2, 0) is 0 Å². The summed E-state index contributed by atoms with van der Waals surface area (Å²) in [5.41, 5.74) is -1.84. The number of rotatable bonds is 4. The molecule has 0 radical (unpaired) electrons. The molecular formula is C18H10F4N2O4. The summed E-state index contributed by atoms with van der Waals surface area (Å²) < 4.78 is 56.1. The van der Waals surface area contributed by atoms with E-state index in [-0.39, 0.29) is 16.8 Å². The van der Waals surface area contributed by atoms with Gasteiger partial charge in [-0.1, -0.05) is 24.3 Å². The molecule has 3 rings (SSSR count). The average Bonchev–Trinajstić information content (AvgIpc) is 2.61. The third-order valence-corrected chi connectivity index (χ3v) is 3.63. The molecule has 0 saturated heterocycles. The van der Waals surface area contributed by atoms with E-state index in [4.69, 9.17) is 5.11 Å². The molecule has 2 aromatic carbocycles. The minimum absolute atomic E-state index is 0.0169. The van der Waals surface area contributed by atoms with Crippen molar-refractivity contribution in [2.45, 2.75) is 6.36 Å². The number of aromatic carboxylic acids is 1. The van der Waals surface area contributed by atoms with Crippen molar-refractivity contribution in [3.8, 4) is 28.1 Å². The molecule has 6 nitrogen and oxygen atoms in total. The van der Waals surface area contributed by atoms with Gasteiger partial charge >= 0.3 is 12.3 Å². The molecule has 1 heterocycles. The predicted molar refractivity (Wildman–Crippen MR) is 89.3 cm³/mol. The number of alkyl halides is 3. The van der Waals surface area contributed by atoms with Gasteiger partial charge in [-0.2, -0.15) is 0 Å². The Morgan fingerprint density at radius 3 is 2.46 bits per heavy atom. The van der Waals surface area contributed by atoms with Crippen LogP contribution in [0, 0.1) is 5.82 Å². The summed E-state index contributed by atoms with van der Waals surface area (Å²) in [7, 11) is 0. The van der Waals surface area contributed by atoms with E-state index in [0.29, 0.717) is 0 Å². The highest BCUT2D eigenvalue weighted by Gasteiger charge is 2.33. The molecule has 0 atom stereocenters. The zero-order valence-electron chi connectivity index (χ0n) is 13.7. The molecule has 28 heavy (non-hydrogen) atoms. The number of halogens is 4. The summed E-state index contributed by atoms with van der Waals surface area (Å²) in [6, 6.07) is 8.26. The fraction of sp³-hybridized carbons (Fsp3) is 0.0556. The van der Waals surface area contributed by atoms with Crippen LogP contribution in [0.2, 0.25) is 0 Å². The molecule has 0 aliphatic heterocycles.